The Morgan fingerprint density at radius 3 is 1.24 bits per heavy atom. The number of nitrogens with two attached hydrogens (primary N) is 1. The number of thiocarbonyl (C=S) groups is 1. The topological polar surface area (TPSA) is 104 Å². The number of hydrogen-bond donors (Lipinski definition) is 2. The zero-order chi connectivity index (χ0) is 44.8. The summed E-state index contributed by atoms with van der Waals surface area (Å²) in [5.74, 6) is 1.72. The molecule has 0 saturated carbocycles. The molecule has 4 atom stereocenters. The minimum absolute atomic E-state index is 0. The third-order valence-corrected chi connectivity index (χ3v) is 12.0. The average molecular weight is 911 g/mol. The van der Waals surface area contributed by atoms with Gasteiger partial charge in [0.25, 0.3) is 0 Å². The van der Waals surface area contributed by atoms with Crippen LogP contribution in [0.25, 0.3) is 46.4 Å². The fourth-order valence-corrected chi connectivity index (χ4v) is 8.51. The molecule has 0 unspecified atom stereocenters. The minimum Gasteiger partial charge on any atom is -0.657 e. The van der Waals surface area contributed by atoms with Crippen molar-refractivity contribution in [1.82, 2.24) is 25.4 Å². The van der Waals surface area contributed by atoms with E-state index in [0.29, 0.717) is 23.7 Å². The molecule has 3 aromatic rings. The van der Waals surface area contributed by atoms with Crippen LogP contribution < -0.4 is 21.1 Å². The Morgan fingerprint density at radius 2 is 0.873 bits per heavy atom. The normalized spacial score (nSPS) is 13.9. The molecule has 5 rings (SSSR count). The molecule has 0 aliphatic carbocycles. The van der Waals surface area contributed by atoms with Crippen LogP contribution in [0.1, 0.15) is 166 Å². The van der Waals surface area contributed by atoms with E-state index in [0.717, 1.165) is 127 Å². The second-order valence-electron chi connectivity index (χ2n) is 19.0. The van der Waals surface area contributed by atoms with Crippen LogP contribution in [0, 0.1) is 23.7 Å². The van der Waals surface area contributed by atoms with E-state index in [1.165, 1.54) is 33.4 Å². The van der Waals surface area contributed by atoms with Crippen molar-refractivity contribution in [2.45, 2.75) is 146 Å². The van der Waals surface area contributed by atoms with E-state index in [1.807, 2.05) is 6.21 Å². The standard InChI is InChI=1S/C54H74N7S.Ni/c1-35(2)15-11-18-38(7)31-42-46-22-24-48(57-46)43(32-39(8)19-12-16-36(3)4)50-26-28-52(59-50)45(34-41(10)21-14-30-56-61-54(55)62)53-29-27-51(60-53)44(49-25-23-47(42)58-49)33-40(9)20-13-17-37(5)6;/h15-17,22-30,38-41H,11-14,18-21,31-34H2,1-10H3,(H4-,55,57,58,59,60,61,62);/q-1;+2/p-1/b46-42?,47-42?,48-43?,49-44?,50-43?,51-44?,52-45?,53-45?,56-30+;/t38-,39-,40-,41-;/m1./s1. The van der Waals surface area contributed by atoms with E-state index >= 15 is 0 Å². The van der Waals surface area contributed by atoms with Gasteiger partial charge in [-0.05, 0) is 190 Å². The Hall–Kier alpha value is -4.33. The van der Waals surface area contributed by atoms with Crippen LogP contribution in [0.3, 0.4) is 0 Å². The second-order valence-corrected chi connectivity index (χ2v) is 19.4. The molecule has 2 aliphatic heterocycles. The van der Waals surface area contributed by atoms with Crippen LogP contribution in [0.4, 0.5) is 0 Å². The van der Waals surface area contributed by atoms with E-state index in [-0.39, 0.29) is 21.6 Å². The minimum atomic E-state index is 0. The van der Waals surface area contributed by atoms with Gasteiger partial charge in [0, 0.05) is 11.8 Å². The molecule has 0 radical (unpaired) electrons. The maximum atomic E-state index is 5.58. The Kier molecular flexibility index (Phi) is 20.6. The number of hydrogen-bond acceptors (Lipinski definition) is 4. The Labute approximate surface area is 394 Å². The van der Waals surface area contributed by atoms with Gasteiger partial charge in [-0.3, -0.25) is 5.43 Å². The number of nitrogens with one attached hydrogen (secondary N) is 1. The maximum absolute atomic E-state index is 5.58. The number of fused-ring (bicyclic) bond motifs is 8. The van der Waals surface area contributed by atoms with Gasteiger partial charge in [0.05, 0.1) is 22.8 Å². The first-order chi connectivity index (χ1) is 29.7. The zero-order valence-electron chi connectivity index (χ0n) is 39.8. The van der Waals surface area contributed by atoms with E-state index in [1.54, 1.807) is 0 Å². The van der Waals surface area contributed by atoms with E-state index in [4.69, 9.17) is 37.9 Å². The Bertz CT molecular complexity index is 2230. The molecule has 8 bridgehead atoms. The largest absolute Gasteiger partial charge is 2.00 e. The van der Waals surface area contributed by atoms with E-state index in [2.05, 4.69) is 147 Å². The molecular weight excluding hydrogens is 837 g/mol. The first kappa shape index (κ1) is 51.3. The number of nitrogens with zero attached hydrogens (tertiary/aromatic N) is 5. The van der Waals surface area contributed by atoms with Crippen molar-refractivity contribution in [2.24, 2.45) is 34.5 Å². The zero-order valence-corrected chi connectivity index (χ0v) is 41.6. The number of hydrazone groups is 1. The molecule has 340 valence electrons. The fourth-order valence-electron chi connectivity index (χ4n) is 8.46. The number of allylic oxidation sites excluding steroid dienone is 6. The second kappa shape index (κ2) is 25.2. The molecular formula is C54H73N7NiS. The molecule has 3 aromatic heterocycles. The van der Waals surface area contributed by atoms with Crippen LogP contribution in [-0.2, 0) is 42.2 Å². The first-order valence-electron chi connectivity index (χ1n) is 23.1. The van der Waals surface area contributed by atoms with Gasteiger partial charge in [-0.1, -0.05) is 92.5 Å². The summed E-state index contributed by atoms with van der Waals surface area (Å²) in [6.07, 6.45) is 29.6. The molecule has 3 N–H and O–H groups in total. The van der Waals surface area contributed by atoms with Crippen molar-refractivity contribution in [3.8, 4) is 0 Å². The summed E-state index contributed by atoms with van der Waals surface area (Å²) in [7, 11) is 0. The van der Waals surface area contributed by atoms with Gasteiger partial charge in [0.2, 0.25) is 0 Å². The summed E-state index contributed by atoms with van der Waals surface area (Å²) in [4.78, 5) is 22.0. The average Bonchev–Trinajstić information content (AvgIpc) is 4.04. The summed E-state index contributed by atoms with van der Waals surface area (Å²) < 4.78 is 0. The third-order valence-electron chi connectivity index (χ3n) is 11.9. The van der Waals surface area contributed by atoms with Gasteiger partial charge in [0.1, 0.15) is 0 Å². The molecule has 5 heterocycles. The summed E-state index contributed by atoms with van der Waals surface area (Å²) in [6, 6.07) is 8.85. The van der Waals surface area contributed by atoms with Gasteiger partial charge in [-0.2, -0.15) is 5.10 Å². The van der Waals surface area contributed by atoms with Crippen molar-refractivity contribution in [1.29, 1.82) is 0 Å². The Balaban J connectivity index is 0.00000871. The fraction of sp³-hybridized carbons (Fsp3) is 0.481. The monoisotopic (exact) mass is 910 g/mol. The molecule has 0 fully saturated rings. The van der Waals surface area contributed by atoms with Crippen LogP contribution in [0.5, 0.6) is 0 Å². The summed E-state index contributed by atoms with van der Waals surface area (Å²) in [6.45, 7) is 22.5. The van der Waals surface area contributed by atoms with E-state index < -0.39 is 0 Å². The van der Waals surface area contributed by atoms with Gasteiger partial charge in [-0.15, -0.1) is 22.1 Å². The molecule has 0 spiro atoms. The van der Waals surface area contributed by atoms with Gasteiger partial charge in [-0.25, -0.2) is 9.97 Å². The number of aromatic nitrogens is 4. The van der Waals surface area contributed by atoms with Crippen molar-refractivity contribution >= 4 is 69.9 Å². The van der Waals surface area contributed by atoms with Gasteiger partial charge < -0.3 is 15.7 Å². The smallest absolute Gasteiger partial charge is 0.657 e. The SMILES string of the molecule is CC(C)=CCC[C@@H](C)Cc1c2nc(c(C[C@H](C)CCC=C(C)C)c3ccc([n-]3)c(C[C@H](C)CC/C=N/NC(N)=S)c3ccc([n-]3)c(C[C@H](C)CCC=C(C)C)c3nc1C=C3)C=C2.[Ni+2]. The van der Waals surface area contributed by atoms with Crippen molar-refractivity contribution < 1.29 is 16.5 Å². The quantitative estimate of drug-likeness (QED) is 0.0248. The summed E-state index contributed by atoms with van der Waals surface area (Å²) in [5.41, 5.74) is 25.2. The maximum Gasteiger partial charge on any atom is 2.00 e. The molecule has 0 amide bonds. The van der Waals surface area contributed by atoms with Gasteiger partial charge >= 0.3 is 16.5 Å². The van der Waals surface area contributed by atoms with Gasteiger partial charge in [0.15, 0.2) is 5.11 Å². The molecule has 0 saturated heterocycles. The summed E-state index contributed by atoms with van der Waals surface area (Å²) >= 11 is 4.92. The van der Waals surface area contributed by atoms with Crippen LogP contribution in [0.2, 0.25) is 0 Å². The van der Waals surface area contributed by atoms with E-state index in [9.17, 15) is 0 Å². The predicted octanol–water partition coefficient (Wildman–Crippen LogP) is 13.5. The summed E-state index contributed by atoms with van der Waals surface area (Å²) in [5, 5.41) is 4.35. The predicted molar refractivity (Wildman–Crippen MR) is 272 cm³/mol. The van der Waals surface area contributed by atoms with Crippen LogP contribution in [-0.4, -0.2) is 21.3 Å². The first-order valence-corrected chi connectivity index (χ1v) is 23.6. The van der Waals surface area contributed by atoms with Crippen LogP contribution >= 0.6 is 12.2 Å². The van der Waals surface area contributed by atoms with Crippen molar-refractivity contribution in [3.05, 3.63) is 104 Å². The molecule has 63 heavy (non-hydrogen) atoms. The molecule has 0 aromatic carbocycles. The van der Waals surface area contributed by atoms with Crippen molar-refractivity contribution in [3.63, 3.8) is 0 Å². The number of rotatable bonds is 21. The van der Waals surface area contributed by atoms with Crippen molar-refractivity contribution in [2.75, 3.05) is 0 Å². The Morgan fingerprint density at radius 1 is 0.556 bits per heavy atom. The third kappa shape index (κ3) is 16.0. The molecule has 9 heteroatoms. The molecule has 2 aliphatic rings. The van der Waals surface area contributed by atoms with Crippen LogP contribution in [0.15, 0.2) is 64.3 Å². The molecule has 7 nitrogen and oxygen atoms in total.